The lowest BCUT2D eigenvalue weighted by Gasteiger charge is -2.17. The molecule has 0 aromatic carbocycles. The number of ether oxygens (including phenoxy) is 1. The second-order valence-electron chi connectivity index (χ2n) is 3.05. The number of hydroxylamine groups is 2. The van der Waals surface area contributed by atoms with Gasteiger partial charge in [0.15, 0.2) is 0 Å². The smallest absolute Gasteiger partial charge is 0.408 e. The van der Waals surface area contributed by atoms with Crippen LogP contribution in [0.15, 0.2) is 0 Å². The Hall–Kier alpha value is -1.74. The van der Waals surface area contributed by atoms with Crippen molar-refractivity contribution in [3.05, 3.63) is 0 Å². The van der Waals surface area contributed by atoms with Crippen LogP contribution in [-0.2, 0) is 14.4 Å². The van der Waals surface area contributed by atoms with Gasteiger partial charge in [-0.25, -0.2) is 9.86 Å². The minimum Gasteiger partial charge on any atom is -0.446 e. The molecule has 16 heavy (non-hydrogen) atoms. The van der Waals surface area contributed by atoms with Gasteiger partial charge in [0.25, 0.3) is 0 Å². The fourth-order valence-corrected chi connectivity index (χ4v) is 0.866. The summed E-state index contributed by atoms with van der Waals surface area (Å²) in [7, 11) is 2.86. The first-order chi connectivity index (χ1) is 7.51. The van der Waals surface area contributed by atoms with E-state index in [1.807, 2.05) is 0 Å². The molecule has 0 bridgehead atoms. The summed E-state index contributed by atoms with van der Waals surface area (Å²) in [5, 5.41) is 3.39. The monoisotopic (exact) mass is 228 g/mol. The van der Waals surface area contributed by atoms with Gasteiger partial charge in [-0.2, -0.15) is 0 Å². The van der Waals surface area contributed by atoms with E-state index in [1.54, 1.807) is 6.92 Å². The van der Waals surface area contributed by atoms with Gasteiger partial charge >= 0.3 is 6.09 Å². The molecular formula is C10H16N2O4. The van der Waals surface area contributed by atoms with Gasteiger partial charge in [0.05, 0.1) is 20.1 Å². The molecule has 0 radical (unpaired) electrons. The molecule has 90 valence electrons. The molecule has 6 heteroatoms. The highest BCUT2D eigenvalue weighted by Crippen LogP contribution is 2.01. The van der Waals surface area contributed by atoms with Crippen LogP contribution in [-0.4, -0.2) is 43.9 Å². The lowest BCUT2D eigenvalue weighted by Crippen LogP contribution is -2.32. The molecule has 1 unspecified atom stereocenters. The molecule has 0 heterocycles. The Morgan fingerprint density at radius 3 is 2.69 bits per heavy atom. The Labute approximate surface area is 94.8 Å². The molecule has 2 amide bonds. The zero-order chi connectivity index (χ0) is 12.6. The lowest BCUT2D eigenvalue weighted by molar-refractivity contribution is -0.170. The normalized spacial score (nSPS) is 11.1. The summed E-state index contributed by atoms with van der Waals surface area (Å²) >= 11 is 0. The minimum atomic E-state index is -0.640. The average molecular weight is 228 g/mol. The number of nitrogens with one attached hydrogen (secondary N) is 1. The zero-order valence-corrected chi connectivity index (χ0v) is 9.65. The van der Waals surface area contributed by atoms with Gasteiger partial charge in [0.1, 0.15) is 6.10 Å². The van der Waals surface area contributed by atoms with Crippen molar-refractivity contribution in [1.82, 2.24) is 10.4 Å². The summed E-state index contributed by atoms with van der Waals surface area (Å²) in [6.07, 6.45) is 3.82. The summed E-state index contributed by atoms with van der Waals surface area (Å²) in [6, 6.07) is 0. The molecule has 0 fully saturated rings. The molecule has 0 rings (SSSR count). The summed E-state index contributed by atoms with van der Waals surface area (Å²) in [6.45, 7) is 1.70. The van der Waals surface area contributed by atoms with Gasteiger partial charge in [0, 0.05) is 7.05 Å². The SMILES string of the molecule is C#CCNC(=O)OC(C)CC(=O)N(C)OC. The third kappa shape index (κ3) is 5.88. The van der Waals surface area contributed by atoms with Gasteiger partial charge in [-0.3, -0.25) is 9.63 Å². The molecule has 0 saturated heterocycles. The molecular weight excluding hydrogens is 212 g/mol. The predicted octanol–water partition coefficient (Wildman–Crippen LogP) is 0.144. The van der Waals surface area contributed by atoms with Crippen molar-refractivity contribution >= 4 is 12.0 Å². The molecule has 0 aliphatic rings. The second-order valence-corrected chi connectivity index (χ2v) is 3.05. The first kappa shape index (κ1) is 14.3. The van der Waals surface area contributed by atoms with E-state index in [9.17, 15) is 9.59 Å². The number of nitrogens with zero attached hydrogens (tertiary/aromatic N) is 1. The van der Waals surface area contributed by atoms with Crippen molar-refractivity contribution in [2.24, 2.45) is 0 Å². The van der Waals surface area contributed by atoms with Crippen LogP contribution in [0.25, 0.3) is 0 Å². The second kappa shape index (κ2) is 7.54. The third-order valence-corrected chi connectivity index (χ3v) is 1.73. The largest absolute Gasteiger partial charge is 0.446 e. The highest BCUT2D eigenvalue weighted by atomic mass is 16.7. The van der Waals surface area contributed by atoms with E-state index < -0.39 is 12.2 Å². The molecule has 6 nitrogen and oxygen atoms in total. The number of hydrogen-bond donors (Lipinski definition) is 1. The van der Waals surface area contributed by atoms with Crippen molar-refractivity contribution in [3.8, 4) is 12.3 Å². The minimum absolute atomic E-state index is 0.0494. The van der Waals surface area contributed by atoms with Crippen molar-refractivity contribution < 1.29 is 19.2 Å². The van der Waals surface area contributed by atoms with Crippen LogP contribution in [0, 0.1) is 12.3 Å². The van der Waals surface area contributed by atoms with Crippen molar-refractivity contribution in [1.29, 1.82) is 0 Å². The quantitative estimate of drug-likeness (QED) is 0.537. The number of rotatable bonds is 5. The maximum absolute atomic E-state index is 11.3. The van der Waals surface area contributed by atoms with Crippen molar-refractivity contribution in [2.75, 3.05) is 20.7 Å². The highest BCUT2D eigenvalue weighted by molar-refractivity contribution is 5.76. The number of hydrogen-bond acceptors (Lipinski definition) is 4. The highest BCUT2D eigenvalue weighted by Gasteiger charge is 2.16. The first-order valence-electron chi connectivity index (χ1n) is 4.69. The van der Waals surface area contributed by atoms with Crippen LogP contribution in [0.3, 0.4) is 0 Å². The van der Waals surface area contributed by atoms with Crippen LogP contribution in [0.2, 0.25) is 0 Å². The Balaban J connectivity index is 3.90. The summed E-state index contributed by atoms with van der Waals surface area (Å²) in [4.78, 5) is 27.1. The standard InChI is InChI=1S/C10H16N2O4/c1-5-6-11-10(14)16-8(2)7-9(13)12(3)15-4/h1,8H,6-7H2,2-4H3,(H,11,14). The first-order valence-corrected chi connectivity index (χ1v) is 4.69. The van der Waals surface area contributed by atoms with Gasteiger partial charge < -0.3 is 10.1 Å². The molecule has 0 aromatic heterocycles. The predicted molar refractivity (Wildman–Crippen MR) is 57.2 cm³/mol. The zero-order valence-electron chi connectivity index (χ0n) is 9.65. The average Bonchev–Trinajstić information content (AvgIpc) is 2.24. The molecule has 0 aliphatic heterocycles. The Kier molecular flexibility index (Phi) is 6.72. The van der Waals surface area contributed by atoms with Crippen LogP contribution < -0.4 is 5.32 Å². The lowest BCUT2D eigenvalue weighted by atomic mass is 10.3. The van der Waals surface area contributed by atoms with E-state index in [0.29, 0.717) is 0 Å². The molecule has 0 saturated carbocycles. The van der Waals surface area contributed by atoms with Crippen molar-refractivity contribution in [2.45, 2.75) is 19.4 Å². The van der Waals surface area contributed by atoms with E-state index in [2.05, 4.69) is 16.1 Å². The molecule has 0 spiro atoms. The van der Waals surface area contributed by atoms with E-state index in [1.165, 1.54) is 14.2 Å². The van der Waals surface area contributed by atoms with Gasteiger partial charge in [0.2, 0.25) is 5.91 Å². The maximum atomic E-state index is 11.3. The maximum Gasteiger partial charge on any atom is 0.408 e. The number of amides is 2. The van der Waals surface area contributed by atoms with Crippen molar-refractivity contribution in [3.63, 3.8) is 0 Å². The van der Waals surface area contributed by atoms with Crippen LogP contribution >= 0.6 is 0 Å². The van der Waals surface area contributed by atoms with Crippen LogP contribution in [0.4, 0.5) is 4.79 Å². The summed E-state index contributed by atoms with van der Waals surface area (Å²) in [5.74, 6) is 1.95. The fourth-order valence-electron chi connectivity index (χ4n) is 0.866. The molecule has 0 aliphatic carbocycles. The number of alkyl carbamates (subject to hydrolysis) is 1. The Morgan fingerprint density at radius 2 is 2.19 bits per heavy atom. The van der Waals surface area contributed by atoms with E-state index >= 15 is 0 Å². The number of terminal acetylenes is 1. The summed E-state index contributed by atoms with van der Waals surface area (Å²) < 4.78 is 4.87. The Morgan fingerprint density at radius 1 is 1.56 bits per heavy atom. The number of carbonyl (C=O) groups excluding carboxylic acids is 2. The van der Waals surface area contributed by atoms with Gasteiger partial charge in [-0.05, 0) is 6.92 Å². The van der Waals surface area contributed by atoms with Crippen LogP contribution in [0.5, 0.6) is 0 Å². The molecule has 1 atom stereocenters. The Bertz CT molecular complexity index is 285. The fraction of sp³-hybridized carbons (Fsp3) is 0.600. The third-order valence-electron chi connectivity index (χ3n) is 1.73. The molecule has 1 N–H and O–H groups in total. The molecule has 0 aromatic rings. The summed E-state index contributed by atoms with van der Waals surface area (Å²) in [5.41, 5.74) is 0. The van der Waals surface area contributed by atoms with E-state index in [-0.39, 0.29) is 18.9 Å². The van der Waals surface area contributed by atoms with Crippen LogP contribution in [0.1, 0.15) is 13.3 Å². The number of carbonyl (C=O) groups is 2. The van der Waals surface area contributed by atoms with E-state index in [4.69, 9.17) is 11.2 Å². The van der Waals surface area contributed by atoms with E-state index in [0.717, 1.165) is 5.06 Å². The van der Waals surface area contributed by atoms with Gasteiger partial charge in [-0.15, -0.1) is 6.42 Å². The topological polar surface area (TPSA) is 67.9 Å². The van der Waals surface area contributed by atoms with Gasteiger partial charge in [-0.1, -0.05) is 5.92 Å².